The van der Waals surface area contributed by atoms with Gasteiger partial charge in [0, 0.05) is 6.08 Å². The van der Waals surface area contributed by atoms with Gasteiger partial charge in [-0.15, -0.1) is 0 Å². The van der Waals surface area contributed by atoms with Crippen LogP contribution in [0.25, 0.3) is 11.0 Å². The van der Waals surface area contributed by atoms with E-state index in [-0.39, 0.29) is 40.5 Å². The van der Waals surface area contributed by atoms with Gasteiger partial charge < -0.3 is 37.6 Å². The van der Waals surface area contributed by atoms with Crippen molar-refractivity contribution in [1.29, 1.82) is 0 Å². The number of fused-ring (bicyclic) bond motifs is 1. The molecule has 0 bridgehead atoms. The number of rotatable bonds is 10. The van der Waals surface area contributed by atoms with Crippen molar-refractivity contribution in [3.63, 3.8) is 0 Å². The average Bonchev–Trinajstić information content (AvgIpc) is 3.29. The molecule has 1 aliphatic carbocycles. The summed E-state index contributed by atoms with van der Waals surface area (Å²) >= 11 is 6.10. The first-order valence-electron chi connectivity index (χ1n) is 11.1. The molecule has 0 fully saturated rings. The summed E-state index contributed by atoms with van der Waals surface area (Å²) in [6, 6.07) is 4.69. The Morgan fingerprint density at radius 3 is 2.26 bits per heavy atom. The van der Waals surface area contributed by atoms with Gasteiger partial charge in [-0.2, -0.15) is 0 Å². The van der Waals surface area contributed by atoms with Gasteiger partial charge in [-0.25, -0.2) is 13.8 Å². The minimum absolute atomic E-state index is 0.0706. The molecule has 2 aromatic heterocycles. The highest BCUT2D eigenvalue weighted by molar-refractivity contribution is 6.30. The van der Waals surface area contributed by atoms with E-state index < -0.39 is 28.9 Å². The van der Waals surface area contributed by atoms with Crippen molar-refractivity contribution in [2.75, 3.05) is 35.5 Å². The van der Waals surface area contributed by atoms with E-state index in [0.717, 1.165) is 6.08 Å². The van der Waals surface area contributed by atoms with Gasteiger partial charge in [-0.3, -0.25) is 0 Å². The molecule has 202 valence electrons. The summed E-state index contributed by atoms with van der Waals surface area (Å²) in [5.74, 6) is -3.46. The lowest BCUT2D eigenvalue weighted by molar-refractivity contribution is -0.116. The number of ether oxygens (including phenoxy) is 6. The van der Waals surface area contributed by atoms with Crippen LogP contribution in [-0.2, 0) is 26.5 Å². The van der Waals surface area contributed by atoms with Gasteiger partial charge in [0.25, 0.3) is 0 Å². The standard InChI is InChI=1S/C26H24ClF2NO8/c1-32-16-9-20(35-4)26(29,15(11-31)22(16)28)25-23(14-8-21(27)30-10-19(14)38-25)37-12-13-6-17(33-2)24(36-5)18(7-13)34-3/h6-11,15H,12H2,1-5H3. The fourth-order valence-corrected chi connectivity index (χ4v) is 4.41. The number of aromatic nitrogens is 1. The zero-order valence-electron chi connectivity index (χ0n) is 21.1. The molecule has 0 saturated heterocycles. The number of benzene rings is 1. The molecular formula is C26H24ClF2NO8. The summed E-state index contributed by atoms with van der Waals surface area (Å²) in [7, 11) is 6.75. The molecule has 9 nitrogen and oxygen atoms in total. The van der Waals surface area contributed by atoms with Gasteiger partial charge >= 0.3 is 0 Å². The smallest absolute Gasteiger partial charge is 0.244 e. The SMILES string of the molecule is COC1=CC(OC)=C(F)C(C=O)C1(F)c1oc2cnc(Cl)cc2c1OCc1cc(OC)c(OC)c(OC)c1. The van der Waals surface area contributed by atoms with Crippen molar-refractivity contribution in [2.45, 2.75) is 12.3 Å². The van der Waals surface area contributed by atoms with Crippen LogP contribution >= 0.6 is 11.6 Å². The third kappa shape index (κ3) is 4.36. The summed E-state index contributed by atoms with van der Waals surface area (Å²) in [5.41, 5.74) is -2.29. The number of halogens is 3. The third-order valence-electron chi connectivity index (χ3n) is 6.07. The number of alkyl halides is 1. The molecule has 0 spiro atoms. The number of carbonyl (C=O) groups is 1. The maximum absolute atomic E-state index is 17.0. The van der Waals surface area contributed by atoms with E-state index in [1.54, 1.807) is 12.1 Å². The largest absolute Gasteiger partial charge is 0.497 e. The van der Waals surface area contributed by atoms with Crippen LogP contribution in [0.1, 0.15) is 11.3 Å². The maximum atomic E-state index is 17.0. The van der Waals surface area contributed by atoms with Gasteiger partial charge in [-0.05, 0) is 23.8 Å². The van der Waals surface area contributed by atoms with Crippen LogP contribution in [0.4, 0.5) is 8.78 Å². The maximum Gasteiger partial charge on any atom is 0.244 e. The molecule has 0 radical (unpaired) electrons. The highest BCUT2D eigenvalue weighted by Gasteiger charge is 2.56. The van der Waals surface area contributed by atoms with E-state index in [1.807, 2.05) is 0 Å². The van der Waals surface area contributed by atoms with E-state index in [1.165, 1.54) is 47.8 Å². The lowest BCUT2D eigenvalue weighted by Crippen LogP contribution is -2.38. The Balaban J connectivity index is 1.88. The Morgan fingerprint density at radius 1 is 1.03 bits per heavy atom. The summed E-state index contributed by atoms with van der Waals surface area (Å²) < 4.78 is 70.3. The molecule has 1 aliphatic rings. The van der Waals surface area contributed by atoms with Crippen LogP contribution in [0.3, 0.4) is 0 Å². The summed E-state index contributed by atoms with van der Waals surface area (Å²) in [4.78, 5) is 16.0. The molecular weight excluding hydrogens is 528 g/mol. The normalized spacial score (nSPS) is 19.2. The molecule has 2 atom stereocenters. The molecule has 2 unspecified atom stereocenters. The Kier molecular flexibility index (Phi) is 7.68. The van der Waals surface area contributed by atoms with Crippen LogP contribution < -0.4 is 18.9 Å². The molecule has 0 N–H and O–H groups in total. The highest BCUT2D eigenvalue weighted by atomic mass is 35.5. The van der Waals surface area contributed by atoms with Crippen LogP contribution in [0.15, 0.2) is 52.2 Å². The summed E-state index contributed by atoms with van der Waals surface area (Å²) in [5, 5.41) is 0.313. The number of hydrogen-bond acceptors (Lipinski definition) is 9. The number of allylic oxidation sites excluding steroid dienone is 3. The Morgan fingerprint density at radius 2 is 1.71 bits per heavy atom. The first-order chi connectivity index (χ1) is 18.3. The molecule has 0 aliphatic heterocycles. The van der Waals surface area contributed by atoms with Crippen LogP contribution in [-0.4, -0.2) is 46.8 Å². The van der Waals surface area contributed by atoms with Crippen molar-refractivity contribution in [2.24, 2.45) is 5.92 Å². The molecule has 1 aromatic carbocycles. The first-order valence-corrected chi connectivity index (χ1v) is 11.5. The summed E-state index contributed by atoms with van der Waals surface area (Å²) in [6.45, 7) is -0.145. The van der Waals surface area contributed by atoms with E-state index in [2.05, 4.69) is 4.98 Å². The number of aldehydes is 1. The van der Waals surface area contributed by atoms with Gasteiger partial charge in [0.2, 0.25) is 11.4 Å². The van der Waals surface area contributed by atoms with Crippen LogP contribution in [0, 0.1) is 5.92 Å². The summed E-state index contributed by atoms with van der Waals surface area (Å²) in [6.07, 6.45) is 2.39. The number of pyridine rings is 1. The van der Waals surface area contributed by atoms with Crippen molar-refractivity contribution >= 4 is 28.9 Å². The predicted molar refractivity (Wildman–Crippen MR) is 132 cm³/mol. The van der Waals surface area contributed by atoms with Crippen molar-refractivity contribution in [3.05, 3.63) is 64.3 Å². The second kappa shape index (κ2) is 10.8. The second-order valence-electron chi connectivity index (χ2n) is 8.04. The Hall–Kier alpha value is -3.99. The number of hydrogen-bond donors (Lipinski definition) is 0. The highest BCUT2D eigenvalue weighted by Crippen LogP contribution is 2.53. The molecule has 2 heterocycles. The Bertz CT molecular complexity index is 1410. The van der Waals surface area contributed by atoms with Crippen molar-refractivity contribution in [1.82, 2.24) is 4.98 Å². The van der Waals surface area contributed by atoms with Gasteiger partial charge in [0.05, 0.1) is 47.1 Å². The zero-order valence-corrected chi connectivity index (χ0v) is 21.9. The topological polar surface area (TPSA) is 98.5 Å². The minimum atomic E-state index is -2.93. The van der Waals surface area contributed by atoms with E-state index >= 15 is 8.78 Å². The van der Waals surface area contributed by atoms with Gasteiger partial charge in [0.15, 0.2) is 40.2 Å². The van der Waals surface area contributed by atoms with E-state index in [4.69, 9.17) is 44.4 Å². The fraction of sp³-hybridized carbons (Fsp3) is 0.308. The third-order valence-corrected chi connectivity index (χ3v) is 6.28. The fourth-order valence-electron chi connectivity index (χ4n) is 4.26. The number of carbonyl (C=O) groups excluding carboxylic acids is 1. The zero-order chi connectivity index (χ0) is 27.6. The van der Waals surface area contributed by atoms with Crippen molar-refractivity contribution in [3.8, 4) is 23.0 Å². The van der Waals surface area contributed by atoms with E-state index in [0.29, 0.717) is 22.8 Å². The van der Waals surface area contributed by atoms with E-state index in [9.17, 15) is 4.79 Å². The predicted octanol–water partition coefficient (Wildman–Crippen LogP) is 5.44. The lowest BCUT2D eigenvalue weighted by atomic mass is 9.80. The molecule has 4 rings (SSSR count). The van der Waals surface area contributed by atoms with Crippen LogP contribution in [0.5, 0.6) is 23.0 Å². The first kappa shape index (κ1) is 27.1. The van der Waals surface area contributed by atoms with Crippen LogP contribution in [0.2, 0.25) is 5.15 Å². The second-order valence-corrected chi connectivity index (χ2v) is 8.43. The quantitative estimate of drug-likeness (QED) is 0.241. The monoisotopic (exact) mass is 551 g/mol. The van der Waals surface area contributed by atoms with Gasteiger partial charge in [0.1, 0.15) is 29.7 Å². The minimum Gasteiger partial charge on any atom is -0.497 e. The number of furan rings is 1. The van der Waals surface area contributed by atoms with Crippen molar-refractivity contribution < 1.29 is 46.4 Å². The lowest BCUT2D eigenvalue weighted by Gasteiger charge is -2.33. The average molecular weight is 552 g/mol. The molecule has 3 aromatic rings. The molecule has 12 heteroatoms. The number of nitrogens with zero attached hydrogens (tertiary/aromatic N) is 1. The molecule has 38 heavy (non-hydrogen) atoms. The van der Waals surface area contributed by atoms with Gasteiger partial charge in [-0.1, -0.05) is 11.6 Å². The number of methoxy groups -OCH3 is 5. The Labute approximate surface area is 221 Å². The molecule has 0 amide bonds. The molecule has 0 saturated carbocycles.